The molecule has 0 amide bonds. The van der Waals surface area contributed by atoms with Crippen LogP contribution in [0, 0.1) is 11.3 Å². The summed E-state index contributed by atoms with van der Waals surface area (Å²) in [6.45, 7) is 0. The first-order valence-electron chi connectivity index (χ1n) is 8.07. The molecule has 0 saturated carbocycles. The first-order chi connectivity index (χ1) is 13.2. The highest BCUT2D eigenvalue weighted by molar-refractivity contribution is 6.30. The minimum absolute atomic E-state index is 0.171. The Hall–Kier alpha value is -3.69. The van der Waals surface area contributed by atoms with Gasteiger partial charge in [-0.3, -0.25) is 4.98 Å². The predicted octanol–water partition coefficient (Wildman–Crippen LogP) is 4.10. The zero-order valence-corrected chi connectivity index (χ0v) is 14.8. The van der Waals surface area contributed by atoms with Crippen LogP contribution >= 0.6 is 11.6 Å². The molecule has 0 atom stereocenters. The van der Waals surface area contributed by atoms with Crippen LogP contribution in [0.5, 0.6) is 0 Å². The summed E-state index contributed by atoms with van der Waals surface area (Å²) in [7, 11) is 0. The Kier molecular flexibility index (Phi) is 4.29. The number of hydrogen-bond acceptors (Lipinski definition) is 5. The van der Waals surface area contributed by atoms with Crippen LogP contribution in [0.4, 0.5) is 5.82 Å². The summed E-state index contributed by atoms with van der Waals surface area (Å²) in [6, 6.07) is 15.0. The molecule has 0 spiro atoms. The molecule has 2 N–H and O–H groups in total. The molecule has 0 bridgehead atoms. The van der Waals surface area contributed by atoms with Crippen LogP contribution < -0.4 is 5.73 Å². The van der Waals surface area contributed by atoms with E-state index < -0.39 is 0 Å². The predicted molar refractivity (Wildman–Crippen MR) is 104 cm³/mol. The Morgan fingerprint density at radius 3 is 2.70 bits per heavy atom. The molecule has 27 heavy (non-hydrogen) atoms. The van der Waals surface area contributed by atoms with Gasteiger partial charge in [-0.25, -0.2) is 9.67 Å². The lowest BCUT2D eigenvalue weighted by molar-refractivity contribution is 0.881. The summed E-state index contributed by atoms with van der Waals surface area (Å²) in [5.41, 5.74) is 10.1. The van der Waals surface area contributed by atoms with Crippen molar-refractivity contribution in [2.75, 3.05) is 5.73 Å². The van der Waals surface area contributed by atoms with E-state index in [1.54, 1.807) is 29.3 Å². The van der Waals surface area contributed by atoms with E-state index in [1.807, 2.05) is 42.6 Å². The molecule has 7 heteroatoms. The van der Waals surface area contributed by atoms with Crippen LogP contribution in [0.2, 0.25) is 5.02 Å². The molecule has 1 aromatic carbocycles. The number of hydrogen-bond donors (Lipinski definition) is 1. The SMILES string of the molecule is N#Cc1c(-c2cccnc2)cc(-c2cnn(-c3cccc(Cl)c3)c2)nc1N. The van der Waals surface area contributed by atoms with Crippen LogP contribution in [0.1, 0.15) is 5.56 Å². The Balaban J connectivity index is 1.82. The highest BCUT2D eigenvalue weighted by Crippen LogP contribution is 2.31. The molecule has 0 aliphatic rings. The molecule has 0 unspecified atom stereocenters. The second-order valence-electron chi connectivity index (χ2n) is 5.82. The first kappa shape index (κ1) is 16.8. The number of halogens is 1. The summed E-state index contributed by atoms with van der Waals surface area (Å²) in [6.07, 6.45) is 6.90. The van der Waals surface area contributed by atoms with Crippen molar-refractivity contribution in [1.29, 1.82) is 5.26 Å². The van der Waals surface area contributed by atoms with Crippen LogP contribution in [-0.2, 0) is 0 Å². The van der Waals surface area contributed by atoms with Gasteiger partial charge in [0.05, 0.1) is 17.6 Å². The quantitative estimate of drug-likeness (QED) is 0.584. The lowest BCUT2D eigenvalue weighted by Crippen LogP contribution is -1.99. The van der Waals surface area contributed by atoms with Crippen LogP contribution in [0.15, 0.2) is 67.3 Å². The van der Waals surface area contributed by atoms with Crippen molar-refractivity contribution in [1.82, 2.24) is 19.7 Å². The number of anilines is 1. The minimum atomic E-state index is 0.171. The normalized spacial score (nSPS) is 10.5. The Bertz CT molecular complexity index is 1160. The van der Waals surface area contributed by atoms with Gasteiger partial charge in [0.25, 0.3) is 0 Å². The highest BCUT2D eigenvalue weighted by atomic mass is 35.5. The van der Waals surface area contributed by atoms with E-state index in [-0.39, 0.29) is 5.82 Å². The molecule has 6 nitrogen and oxygen atoms in total. The van der Waals surface area contributed by atoms with E-state index in [0.29, 0.717) is 21.8 Å². The van der Waals surface area contributed by atoms with Gasteiger partial charge < -0.3 is 5.73 Å². The van der Waals surface area contributed by atoms with Crippen molar-refractivity contribution in [2.45, 2.75) is 0 Å². The standard InChI is InChI=1S/C20H13ClN6/c21-15-4-1-5-16(7-15)27-12-14(11-25-27)19-8-17(13-3-2-6-24-10-13)18(9-22)20(23)26-19/h1-8,10-12H,(H2,23,26). The Morgan fingerprint density at radius 1 is 1.07 bits per heavy atom. The Labute approximate surface area is 160 Å². The molecule has 0 aliphatic carbocycles. The van der Waals surface area contributed by atoms with Crippen LogP contribution in [0.25, 0.3) is 28.1 Å². The monoisotopic (exact) mass is 372 g/mol. The molecule has 130 valence electrons. The van der Waals surface area contributed by atoms with Gasteiger partial charge in [0.2, 0.25) is 0 Å². The van der Waals surface area contributed by atoms with E-state index in [2.05, 4.69) is 21.1 Å². The minimum Gasteiger partial charge on any atom is -0.383 e. The summed E-state index contributed by atoms with van der Waals surface area (Å²) in [5, 5.41) is 14.5. The number of benzene rings is 1. The van der Waals surface area contributed by atoms with Gasteiger partial charge in [0.1, 0.15) is 17.5 Å². The van der Waals surface area contributed by atoms with Crippen molar-refractivity contribution in [2.24, 2.45) is 0 Å². The third-order valence-corrected chi connectivity index (χ3v) is 4.32. The average molecular weight is 373 g/mol. The maximum absolute atomic E-state index is 9.48. The second-order valence-corrected chi connectivity index (χ2v) is 6.26. The fourth-order valence-corrected chi connectivity index (χ4v) is 2.98. The fraction of sp³-hybridized carbons (Fsp3) is 0. The van der Waals surface area contributed by atoms with Crippen molar-refractivity contribution in [3.8, 4) is 34.1 Å². The zero-order valence-electron chi connectivity index (χ0n) is 14.0. The lowest BCUT2D eigenvalue weighted by atomic mass is 10.0. The highest BCUT2D eigenvalue weighted by Gasteiger charge is 2.14. The van der Waals surface area contributed by atoms with Crippen LogP contribution in [0.3, 0.4) is 0 Å². The van der Waals surface area contributed by atoms with E-state index in [1.165, 1.54) is 0 Å². The van der Waals surface area contributed by atoms with E-state index in [0.717, 1.165) is 16.8 Å². The van der Waals surface area contributed by atoms with Crippen molar-refractivity contribution < 1.29 is 0 Å². The number of nitrogens with zero attached hydrogens (tertiary/aromatic N) is 5. The first-order valence-corrected chi connectivity index (χ1v) is 8.45. The fourth-order valence-electron chi connectivity index (χ4n) is 2.79. The maximum Gasteiger partial charge on any atom is 0.142 e. The van der Waals surface area contributed by atoms with Crippen molar-refractivity contribution in [3.63, 3.8) is 0 Å². The molecule has 3 heterocycles. The average Bonchev–Trinajstić information content (AvgIpc) is 3.18. The second kappa shape index (κ2) is 6.90. The van der Waals surface area contributed by atoms with Gasteiger partial charge in [0, 0.05) is 40.3 Å². The number of nitrogen functional groups attached to an aromatic ring is 1. The van der Waals surface area contributed by atoms with Gasteiger partial charge in [0.15, 0.2) is 0 Å². The molecule has 0 radical (unpaired) electrons. The molecular weight excluding hydrogens is 360 g/mol. The summed E-state index contributed by atoms with van der Waals surface area (Å²) in [5.74, 6) is 0.171. The molecule has 4 rings (SSSR count). The lowest BCUT2D eigenvalue weighted by Gasteiger charge is -2.08. The van der Waals surface area contributed by atoms with Crippen molar-refractivity contribution in [3.05, 3.63) is 77.8 Å². The smallest absolute Gasteiger partial charge is 0.142 e. The zero-order chi connectivity index (χ0) is 18.8. The molecule has 0 fully saturated rings. The molecule has 0 aliphatic heterocycles. The number of nitriles is 1. The largest absolute Gasteiger partial charge is 0.383 e. The number of aromatic nitrogens is 4. The van der Waals surface area contributed by atoms with Gasteiger partial charge >= 0.3 is 0 Å². The topological polar surface area (TPSA) is 93.4 Å². The van der Waals surface area contributed by atoms with Gasteiger partial charge in [-0.1, -0.05) is 23.7 Å². The number of nitrogens with two attached hydrogens (primary N) is 1. The summed E-state index contributed by atoms with van der Waals surface area (Å²) in [4.78, 5) is 8.50. The Morgan fingerprint density at radius 2 is 1.96 bits per heavy atom. The van der Waals surface area contributed by atoms with E-state index in [4.69, 9.17) is 17.3 Å². The summed E-state index contributed by atoms with van der Waals surface area (Å²) < 4.78 is 1.71. The van der Waals surface area contributed by atoms with E-state index in [9.17, 15) is 5.26 Å². The van der Waals surface area contributed by atoms with E-state index >= 15 is 0 Å². The number of rotatable bonds is 3. The van der Waals surface area contributed by atoms with Crippen LogP contribution in [-0.4, -0.2) is 19.7 Å². The third kappa shape index (κ3) is 3.24. The summed E-state index contributed by atoms with van der Waals surface area (Å²) >= 11 is 6.05. The van der Waals surface area contributed by atoms with Gasteiger partial charge in [-0.05, 0) is 30.3 Å². The van der Waals surface area contributed by atoms with Gasteiger partial charge in [-0.15, -0.1) is 0 Å². The van der Waals surface area contributed by atoms with Crippen molar-refractivity contribution >= 4 is 17.4 Å². The third-order valence-electron chi connectivity index (χ3n) is 4.08. The molecule has 4 aromatic rings. The molecule has 3 aromatic heterocycles. The molecular formula is C20H13ClN6. The van der Waals surface area contributed by atoms with Gasteiger partial charge in [-0.2, -0.15) is 10.4 Å². The molecule has 0 saturated heterocycles. The number of pyridine rings is 2. The maximum atomic E-state index is 9.48.